The first-order chi connectivity index (χ1) is 9.49. The average molecular weight is 286 g/mol. The lowest BCUT2D eigenvalue weighted by atomic mass is 9.89. The first-order valence-electron chi connectivity index (χ1n) is 6.26. The molecule has 0 aliphatic carbocycles. The number of nitrogens with zero attached hydrogens (tertiary/aromatic N) is 1. The molecule has 2 aromatic rings. The van der Waals surface area contributed by atoms with Crippen LogP contribution in [0.1, 0.15) is 24.3 Å². The van der Waals surface area contributed by atoms with Gasteiger partial charge in [0.2, 0.25) is 11.8 Å². The monoisotopic (exact) mass is 286 g/mol. The summed E-state index contributed by atoms with van der Waals surface area (Å²) in [5.74, 6) is -1.01. The van der Waals surface area contributed by atoms with E-state index in [1.807, 2.05) is 0 Å². The Hall–Kier alpha value is -2.15. The molecule has 3 radical (unpaired) electrons. The molecule has 20 heavy (non-hydrogen) atoms. The summed E-state index contributed by atoms with van der Waals surface area (Å²) >= 11 is 0. The van der Waals surface area contributed by atoms with Crippen LogP contribution in [-0.2, 0) is 16.6 Å². The summed E-state index contributed by atoms with van der Waals surface area (Å²) in [6.45, 7) is 0. The third-order valence-electron chi connectivity index (χ3n) is 3.69. The molecule has 1 aromatic heterocycles. The average Bonchev–Trinajstić information content (AvgIpc) is 2.67. The van der Waals surface area contributed by atoms with E-state index in [9.17, 15) is 14.4 Å². The van der Waals surface area contributed by atoms with E-state index in [1.165, 1.54) is 4.57 Å². The lowest BCUT2D eigenvalue weighted by molar-refractivity contribution is -0.134. The van der Waals surface area contributed by atoms with Gasteiger partial charge in [-0.25, -0.2) is 4.79 Å². The number of piperidine rings is 1. The fraction of sp³-hybridized carbons (Fsp3) is 0.308. The van der Waals surface area contributed by atoms with Crippen LogP contribution in [-0.4, -0.2) is 31.6 Å². The number of hydrogen-bond acceptors (Lipinski definition) is 3. The quantitative estimate of drug-likeness (QED) is 0.531. The molecule has 1 saturated heterocycles. The Morgan fingerprint density at radius 3 is 2.75 bits per heavy atom. The molecule has 3 rings (SSSR count). The molecule has 1 aliphatic rings. The summed E-state index contributed by atoms with van der Waals surface area (Å²) in [6.07, 6.45) is 0.747. The molecule has 2 N–H and O–H groups in total. The van der Waals surface area contributed by atoms with Crippen molar-refractivity contribution in [2.24, 2.45) is 7.05 Å². The van der Waals surface area contributed by atoms with Gasteiger partial charge in [0.15, 0.2) is 0 Å². The number of benzene rings is 1. The SMILES string of the molecule is Cn1c(=O)[nH]c2ccc([Si])c(C3CCC(=O)NC3=O)c21. The second-order valence-electron chi connectivity index (χ2n) is 4.92. The van der Waals surface area contributed by atoms with Crippen molar-refractivity contribution in [3.8, 4) is 0 Å². The van der Waals surface area contributed by atoms with E-state index in [0.29, 0.717) is 23.9 Å². The molecule has 6 nitrogen and oxygen atoms in total. The summed E-state index contributed by atoms with van der Waals surface area (Å²) in [5.41, 5.74) is 1.88. The van der Waals surface area contributed by atoms with E-state index in [0.717, 1.165) is 10.8 Å². The van der Waals surface area contributed by atoms with E-state index in [4.69, 9.17) is 0 Å². The van der Waals surface area contributed by atoms with Crippen LogP contribution in [0.15, 0.2) is 16.9 Å². The third-order valence-corrected chi connectivity index (χ3v) is 4.12. The summed E-state index contributed by atoms with van der Waals surface area (Å²) in [6, 6.07) is 3.59. The highest BCUT2D eigenvalue weighted by Crippen LogP contribution is 2.28. The Bertz CT molecular complexity index is 790. The first-order valence-corrected chi connectivity index (χ1v) is 6.76. The number of nitrogens with one attached hydrogen (secondary N) is 2. The molecule has 1 unspecified atom stereocenters. The molecule has 2 amide bonds. The molecule has 0 spiro atoms. The highest BCUT2D eigenvalue weighted by molar-refractivity contribution is 6.35. The van der Waals surface area contributed by atoms with Crippen LogP contribution < -0.4 is 16.2 Å². The Kier molecular flexibility index (Phi) is 2.86. The highest BCUT2D eigenvalue weighted by atomic mass is 28.1. The minimum Gasteiger partial charge on any atom is -0.306 e. The van der Waals surface area contributed by atoms with Gasteiger partial charge >= 0.3 is 5.69 Å². The predicted molar refractivity (Wildman–Crippen MR) is 74.1 cm³/mol. The minimum atomic E-state index is -0.440. The second-order valence-corrected chi connectivity index (χ2v) is 5.45. The highest BCUT2D eigenvalue weighted by Gasteiger charge is 2.31. The smallest absolute Gasteiger partial charge is 0.306 e. The van der Waals surface area contributed by atoms with Gasteiger partial charge in [0.05, 0.1) is 27.2 Å². The van der Waals surface area contributed by atoms with Crippen LogP contribution in [0.3, 0.4) is 0 Å². The van der Waals surface area contributed by atoms with Gasteiger partial charge in [0, 0.05) is 13.5 Å². The number of fused-ring (bicyclic) bond motifs is 1. The molecule has 0 saturated carbocycles. The molecule has 1 atom stereocenters. The van der Waals surface area contributed by atoms with Crippen molar-refractivity contribution < 1.29 is 9.59 Å². The number of aryl methyl sites for hydroxylation is 1. The van der Waals surface area contributed by atoms with Crippen molar-refractivity contribution in [3.63, 3.8) is 0 Å². The van der Waals surface area contributed by atoms with Crippen LogP contribution in [0.4, 0.5) is 0 Å². The van der Waals surface area contributed by atoms with Crippen LogP contribution in [0.5, 0.6) is 0 Å². The van der Waals surface area contributed by atoms with E-state index >= 15 is 0 Å². The zero-order chi connectivity index (χ0) is 14.4. The summed E-state index contributed by atoms with van der Waals surface area (Å²) in [5, 5.41) is 3.10. The Labute approximate surface area is 117 Å². The van der Waals surface area contributed by atoms with Crippen molar-refractivity contribution in [2.45, 2.75) is 18.8 Å². The fourth-order valence-corrected chi connectivity index (χ4v) is 3.07. The van der Waals surface area contributed by atoms with E-state index < -0.39 is 5.92 Å². The lowest BCUT2D eigenvalue weighted by Gasteiger charge is -2.23. The molecule has 1 fully saturated rings. The number of imidazole rings is 1. The van der Waals surface area contributed by atoms with Gasteiger partial charge in [-0.1, -0.05) is 11.3 Å². The van der Waals surface area contributed by atoms with Crippen molar-refractivity contribution >= 4 is 38.3 Å². The van der Waals surface area contributed by atoms with Crippen molar-refractivity contribution in [3.05, 3.63) is 28.2 Å². The molecule has 1 aromatic carbocycles. The van der Waals surface area contributed by atoms with Crippen molar-refractivity contribution in [1.82, 2.24) is 14.9 Å². The maximum absolute atomic E-state index is 12.1. The molecule has 2 heterocycles. The van der Waals surface area contributed by atoms with E-state index in [-0.39, 0.29) is 17.5 Å². The maximum Gasteiger partial charge on any atom is 0.326 e. The van der Waals surface area contributed by atoms with Crippen molar-refractivity contribution in [2.75, 3.05) is 0 Å². The van der Waals surface area contributed by atoms with E-state index in [2.05, 4.69) is 20.5 Å². The first kappa shape index (κ1) is 12.9. The summed E-state index contributed by atoms with van der Waals surface area (Å²) < 4.78 is 1.48. The number of aromatic nitrogens is 2. The second kappa shape index (κ2) is 4.45. The van der Waals surface area contributed by atoms with Gasteiger partial charge in [-0.05, 0) is 18.1 Å². The maximum atomic E-state index is 12.1. The zero-order valence-corrected chi connectivity index (χ0v) is 11.8. The number of amides is 2. The van der Waals surface area contributed by atoms with Gasteiger partial charge in [-0.15, -0.1) is 0 Å². The molecule has 101 valence electrons. The number of H-pyrrole nitrogens is 1. The standard InChI is InChI=1S/C13H12N3O3Si/c1-16-11-7(14-13(16)19)3-4-8(20)10(11)6-2-5-9(17)15-12(6)18/h3-4,6H,2,5H2,1H3,(H,14,19)(H,15,17,18). The van der Waals surface area contributed by atoms with E-state index in [1.54, 1.807) is 19.2 Å². The van der Waals surface area contributed by atoms with Gasteiger partial charge < -0.3 is 4.98 Å². The lowest BCUT2D eigenvalue weighted by Crippen LogP contribution is -2.41. The fourth-order valence-electron chi connectivity index (χ4n) is 2.69. The number of hydrogen-bond donors (Lipinski definition) is 2. The molecule has 1 aliphatic heterocycles. The van der Waals surface area contributed by atoms with Gasteiger partial charge in [0.25, 0.3) is 0 Å². The number of carbonyl (C=O) groups excluding carboxylic acids is 2. The predicted octanol–water partition coefficient (Wildman–Crippen LogP) is -0.819. The van der Waals surface area contributed by atoms with Gasteiger partial charge in [-0.2, -0.15) is 0 Å². The van der Waals surface area contributed by atoms with Gasteiger partial charge in [-0.3, -0.25) is 19.5 Å². The summed E-state index contributed by atoms with van der Waals surface area (Å²) in [4.78, 5) is 37.8. The largest absolute Gasteiger partial charge is 0.326 e. The molecular formula is C13H12N3O3Si. The number of carbonyl (C=O) groups is 2. The van der Waals surface area contributed by atoms with Gasteiger partial charge in [0.1, 0.15) is 0 Å². The molecule has 7 heteroatoms. The Morgan fingerprint density at radius 1 is 1.30 bits per heavy atom. The Balaban J connectivity index is 2.25. The molecular weight excluding hydrogens is 274 g/mol. The topological polar surface area (TPSA) is 84.0 Å². The van der Waals surface area contributed by atoms with Crippen LogP contribution in [0.25, 0.3) is 11.0 Å². The number of aromatic amines is 1. The van der Waals surface area contributed by atoms with Crippen LogP contribution >= 0.6 is 0 Å². The minimum absolute atomic E-state index is 0.231. The van der Waals surface area contributed by atoms with Crippen LogP contribution in [0, 0.1) is 0 Å². The summed E-state index contributed by atoms with van der Waals surface area (Å²) in [7, 11) is 5.16. The Morgan fingerprint density at radius 2 is 2.05 bits per heavy atom. The van der Waals surface area contributed by atoms with Crippen LogP contribution in [0.2, 0.25) is 0 Å². The molecule has 0 bridgehead atoms. The third kappa shape index (κ3) is 1.82. The zero-order valence-electron chi connectivity index (χ0n) is 10.8. The van der Waals surface area contributed by atoms with Crippen molar-refractivity contribution in [1.29, 1.82) is 0 Å². The normalized spacial score (nSPS) is 19.4. The number of imide groups is 1. The number of rotatable bonds is 1.